The number of rotatable bonds is 13. The molecule has 4 saturated carbocycles. The number of aliphatic hydroxyl groups excluding tert-OH is 1. The Balaban J connectivity index is 0.000000263. The highest BCUT2D eigenvalue weighted by molar-refractivity contribution is 5.84. The van der Waals surface area contributed by atoms with Crippen molar-refractivity contribution in [3.63, 3.8) is 0 Å². The predicted molar refractivity (Wildman–Crippen MR) is 330 cm³/mol. The lowest BCUT2D eigenvalue weighted by atomic mass is 9.50. The van der Waals surface area contributed by atoms with Crippen LogP contribution >= 0.6 is 0 Å². The number of ether oxygens (including phenoxy) is 4. The van der Waals surface area contributed by atoms with Crippen LogP contribution in [0.3, 0.4) is 0 Å². The second kappa shape index (κ2) is 29.2. The molecule has 4 unspecified atom stereocenters. The van der Waals surface area contributed by atoms with Gasteiger partial charge in [-0.3, -0.25) is 19.2 Å². The van der Waals surface area contributed by atoms with Crippen molar-refractivity contribution in [2.75, 3.05) is 46.2 Å². The van der Waals surface area contributed by atoms with Crippen LogP contribution in [0.2, 0.25) is 0 Å². The zero-order valence-corrected chi connectivity index (χ0v) is 55.3. The fraction of sp³-hybridized carbons (Fsp3) is 0.794. The first-order valence-electron chi connectivity index (χ1n) is 30.9. The maximum Gasteiger partial charge on any atom is 0.313 e. The minimum Gasteiger partial charge on any atom is -0.465 e. The summed E-state index contributed by atoms with van der Waals surface area (Å²) < 4.78 is 21.7. The summed E-state index contributed by atoms with van der Waals surface area (Å²) in [4.78, 5) is 46.2. The van der Waals surface area contributed by atoms with E-state index in [1.165, 1.54) is 5.56 Å². The third kappa shape index (κ3) is 20.0. The highest BCUT2D eigenvalue weighted by Gasteiger charge is 2.71. The Morgan fingerprint density at radius 2 is 1.36 bits per heavy atom. The van der Waals surface area contributed by atoms with Crippen molar-refractivity contribution in [1.29, 1.82) is 10.5 Å². The van der Waals surface area contributed by atoms with Crippen LogP contribution in [0, 0.1) is 83.7 Å². The summed E-state index contributed by atoms with van der Waals surface area (Å²) in [5, 5.41) is 35.9. The molecule has 15 heteroatoms. The lowest BCUT2D eigenvalue weighted by Crippen LogP contribution is -2.69. The molecule has 4 atom stereocenters. The molecule has 0 radical (unpaired) electrons. The second-order valence-corrected chi connectivity index (χ2v) is 31.0. The van der Waals surface area contributed by atoms with Gasteiger partial charge in [0, 0.05) is 74.1 Å². The smallest absolute Gasteiger partial charge is 0.313 e. The van der Waals surface area contributed by atoms with E-state index >= 15 is 0 Å². The van der Waals surface area contributed by atoms with Gasteiger partial charge in [0.05, 0.1) is 60.5 Å². The molecule has 4 aliphatic carbocycles. The van der Waals surface area contributed by atoms with Crippen LogP contribution in [0.5, 0.6) is 0 Å². The summed E-state index contributed by atoms with van der Waals surface area (Å²) in [6, 6.07) is 15.2. The highest BCUT2D eigenvalue weighted by Crippen LogP contribution is 2.67. The Labute approximate surface area is 502 Å². The summed E-state index contributed by atoms with van der Waals surface area (Å²) in [7, 11) is 0. The van der Waals surface area contributed by atoms with E-state index in [9.17, 15) is 24.3 Å². The summed E-state index contributed by atoms with van der Waals surface area (Å²) in [5.74, 6) is 1.48. The Morgan fingerprint density at radius 1 is 0.795 bits per heavy atom. The van der Waals surface area contributed by atoms with Crippen molar-refractivity contribution in [2.24, 2.45) is 66.8 Å². The summed E-state index contributed by atoms with van der Waals surface area (Å²) >= 11 is 0. The zero-order valence-electron chi connectivity index (χ0n) is 55.3. The van der Waals surface area contributed by atoms with Gasteiger partial charge in [-0.1, -0.05) is 162 Å². The lowest BCUT2D eigenvalue weighted by Gasteiger charge is -2.53. The lowest BCUT2D eigenvalue weighted by molar-refractivity contribution is -0.173. The van der Waals surface area contributed by atoms with Crippen molar-refractivity contribution < 1.29 is 43.2 Å². The normalized spacial score (nSPS) is 24.9. The highest BCUT2D eigenvalue weighted by atomic mass is 16.5. The minimum atomic E-state index is -0.380. The monoisotopic (exact) mass is 1160 g/mol. The van der Waals surface area contributed by atoms with Crippen molar-refractivity contribution in [2.45, 2.75) is 238 Å². The van der Waals surface area contributed by atoms with E-state index in [4.69, 9.17) is 35.2 Å². The van der Waals surface area contributed by atoms with E-state index < -0.39 is 0 Å². The molecule has 15 nitrogen and oxygen atoms in total. The van der Waals surface area contributed by atoms with Gasteiger partial charge in [0.1, 0.15) is 6.61 Å². The number of benzene rings is 1. The average Bonchev–Trinajstić information content (AvgIpc) is 2.70. The van der Waals surface area contributed by atoms with Crippen LogP contribution in [0.1, 0.15) is 221 Å². The molecule has 7 aliphatic rings. The molecule has 3 amide bonds. The number of carbonyl (C=O) groups excluding carboxylic acids is 4. The van der Waals surface area contributed by atoms with Gasteiger partial charge in [0.15, 0.2) is 0 Å². The molecule has 8 rings (SSSR count). The Bertz CT molecular complexity index is 2360. The molecular weight excluding hydrogens is 1040 g/mol. The molecular formula is C68H114N6O9. The minimum absolute atomic E-state index is 0.0209. The number of hydrogen-bond donors (Lipinski definition) is 5. The van der Waals surface area contributed by atoms with E-state index in [0.29, 0.717) is 50.2 Å². The fourth-order valence-electron chi connectivity index (χ4n) is 11.3. The Morgan fingerprint density at radius 3 is 1.70 bits per heavy atom. The standard InChI is InChI=1S/C14H25NO3.C12H18O.C11H18N2O.C11H20N2.C11H19NO2.C9H14O2/c1-13(2,3)14(6-8-17-9-7-14)18-10-12(16)15-11-4-5-11;1-12(2,3)11(9-13)10-7-5-4-6-8-10;1-10(2,3)11(9(13)14)6-8(7-11)4-5-12;1-6-10(7-8-12)13-9(2)11(3,4)5;1-10(2,3)11(6-14-7-11)12-9(13)8-4-5-8;1-8(2,3)9-4-6(9)5-11-7(9)10/h11H,4-10H2,1-3H3,(H,15,16);4-8,11,13H,9H2,1-3H3;8H,4,6-7H2,1-3H3,(H2,13,14);7,9,13H,6H2,1-5H3;8H,4-7H2,1-3H3,(H,12,13);6H,4-5H2,1-3H3/b;;;10-7+;;. The maximum atomic E-state index is 11.7. The second-order valence-electron chi connectivity index (χ2n) is 31.0. The zero-order chi connectivity index (χ0) is 63.3. The van der Waals surface area contributed by atoms with Crippen LogP contribution in [0.25, 0.3) is 0 Å². The van der Waals surface area contributed by atoms with Gasteiger partial charge in [-0.25, -0.2) is 0 Å². The van der Waals surface area contributed by atoms with Crippen molar-refractivity contribution >= 4 is 23.7 Å². The van der Waals surface area contributed by atoms with Gasteiger partial charge < -0.3 is 45.7 Å². The van der Waals surface area contributed by atoms with Crippen LogP contribution < -0.4 is 21.7 Å². The van der Waals surface area contributed by atoms with E-state index in [0.717, 1.165) is 83.1 Å². The molecule has 3 aliphatic heterocycles. The van der Waals surface area contributed by atoms with E-state index in [1.807, 2.05) is 45.9 Å². The number of fused-ring (bicyclic) bond motifs is 1. The number of nitrogens with zero attached hydrogens (tertiary/aromatic N) is 2. The number of allylic oxidation sites excluding steroid dienone is 2. The first-order chi connectivity index (χ1) is 38.2. The third-order valence-corrected chi connectivity index (χ3v) is 19.1. The fourth-order valence-corrected chi connectivity index (χ4v) is 11.3. The molecule has 7 fully saturated rings. The molecule has 83 heavy (non-hydrogen) atoms. The molecule has 470 valence electrons. The number of amides is 3. The molecule has 0 spiro atoms. The summed E-state index contributed by atoms with van der Waals surface area (Å²) in [5.41, 5.74) is 7.31. The van der Waals surface area contributed by atoms with Crippen LogP contribution in [0.15, 0.2) is 42.1 Å². The molecule has 3 heterocycles. The van der Waals surface area contributed by atoms with Gasteiger partial charge in [-0.05, 0) is 102 Å². The number of hydrogen-bond acceptors (Lipinski definition) is 12. The third-order valence-electron chi connectivity index (χ3n) is 19.1. The number of nitrogens with one attached hydrogen (secondary N) is 3. The van der Waals surface area contributed by atoms with Gasteiger partial charge >= 0.3 is 5.97 Å². The van der Waals surface area contributed by atoms with Gasteiger partial charge in [0.25, 0.3) is 0 Å². The predicted octanol–water partition coefficient (Wildman–Crippen LogP) is 12.3. The number of carbonyl (C=O) groups is 4. The number of nitrogens with two attached hydrogens (primary N) is 1. The van der Waals surface area contributed by atoms with Gasteiger partial charge in [0.2, 0.25) is 17.7 Å². The molecule has 0 aromatic heterocycles. The van der Waals surface area contributed by atoms with Gasteiger partial charge in [-0.15, -0.1) is 0 Å². The largest absolute Gasteiger partial charge is 0.465 e. The van der Waals surface area contributed by atoms with Crippen LogP contribution in [-0.4, -0.2) is 98.3 Å². The van der Waals surface area contributed by atoms with E-state index in [2.05, 4.69) is 151 Å². The van der Waals surface area contributed by atoms with Crippen LogP contribution in [-0.2, 0) is 38.1 Å². The van der Waals surface area contributed by atoms with E-state index in [1.54, 1.807) is 6.08 Å². The maximum absolute atomic E-state index is 11.7. The van der Waals surface area contributed by atoms with Gasteiger partial charge in [-0.2, -0.15) is 10.5 Å². The molecule has 1 aromatic rings. The van der Waals surface area contributed by atoms with Crippen molar-refractivity contribution in [3.05, 3.63) is 47.7 Å². The number of aliphatic hydroxyl groups is 1. The number of esters is 1. The Hall–Kier alpha value is -4.54. The first-order valence-corrected chi connectivity index (χ1v) is 30.9. The van der Waals surface area contributed by atoms with E-state index in [-0.39, 0.29) is 103 Å². The molecule has 1 aromatic carbocycles. The summed E-state index contributed by atoms with van der Waals surface area (Å²) in [6.07, 6.45) is 11.7. The number of primary amides is 1. The first kappa shape index (κ1) is 72.7. The molecule has 3 saturated heterocycles. The van der Waals surface area contributed by atoms with Crippen LogP contribution in [0.4, 0.5) is 0 Å². The van der Waals surface area contributed by atoms with Crippen molar-refractivity contribution in [1.82, 2.24) is 16.0 Å². The SMILES string of the molecule is CC(C)(C)C(CO)c1ccccc1.CC(C)(C)C1(C(N)=O)CC(CC#N)C1.CC(C)(C)C1(NC(=O)C2CC2)COC1.CC(C)(C)C1(OCC(=O)NC2CC2)CCOCC1.CC(C)(C)C12CC1COC2=O.CC/C(=C\C#N)NC(C)C(C)(C)C. The topological polar surface area (TPSA) is 235 Å². The number of nitriles is 2. The summed E-state index contributed by atoms with van der Waals surface area (Å²) in [6.45, 7) is 46.5. The quantitative estimate of drug-likeness (QED) is 0.0916. The number of cyclic esters (lactones) is 1. The average molecular weight is 1160 g/mol. The molecule has 6 N–H and O–H groups in total. The Kier molecular flexibility index (Phi) is 25.6. The van der Waals surface area contributed by atoms with Crippen molar-refractivity contribution in [3.8, 4) is 12.1 Å². The molecule has 0 bridgehead atoms.